The van der Waals surface area contributed by atoms with Crippen LogP contribution < -0.4 is 5.32 Å². The normalized spacial score (nSPS) is 20.8. The number of esters is 1. The molecule has 1 aromatic rings. The molecule has 2 saturated heterocycles. The number of ether oxygens (including phenoxy) is 3. The third kappa shape index (κ3) is 9.48. The second kappa shape index (κ2) is 12.8. The summed E-state index contributed by atoms with van der Waals surface area (Å²) >= 11 is 0.930. The summed E-state index contributed by atoms with van der Waals surface area (Å²) in [5.41, 5.74) is -5.02. The van der Waals surface area contributed by atoms with Gasteiger partial charge in [-0.1, -0.05) is 10.2 Å². The quantitative estimate of drug-likeness (QED) is 0.170. The average molecular weight is 644 g/mol. The molecule has 2 aliphatic heterocycles. The predicted octanol–water partition coefficient (Wildman–Crippen LogP) is 2.73. The minimum atomic E-state index is -1.82. The van der Waals surface area contributed by atoms with Gasteiger partial charge in [0.05, 0.1) is 13.1 Å². The van der Waals surface area contributed by atoms with Gasteiger partial charge in [0.25, 0.3) is 5.60 Å². The first-order chi connectivity index (χ1) is 20.1. The number of rotatable bonds is 7. The zero-order chi connectivity index (χ0) is 33.3. The van der Waals surface area contributed by atoms with Crippen molar-refractivity contribution in [3.05, 3.63) is 11.1 Å². The summed E-state index contributed by atoms with van der Waals surface area (Å²) < 4.78 is 16.1. The molecule has 2 atom stereocenters. The van der Waals surface area contributed by atoms with Crippen LogP contribution in [-0.4, -0.2) is 103 Å². The molecule has 0 saturated carbocycles. The van der Waals surface area contributed by atoms with Crippen molar-refractivity contribution in [3.63, 3.8) is 0 Å². The molecule has 0 aromatic carbocycles. The summed E-state index contributed by atoms with van der Waals surface area (Å²) in [6.07, 6.45) is -3.77. The lowest BCUT2D eigenvalue weighted by Gasteiger charge is -2.45. The summed E-state index contributed by atoms with van der Waals surface area (Å²) in [5.74, 6) is -2.04. The Morgan fingerprint density at radius 2 is 1.48 bits per heavy atom. The zero-order valence-electron chi connectivity index (χ0n) is 26.3. The van der Waals surface area contributed by atoms with Crippen molar-refractivity contribution in [1.29, 1.82) is 0 Å². The Bertz CT molecular complexity index is 1260. The first kappa shape index (κ1) is 34.9. The van der Waals surface area contributed by atoms with E-state index in [1.165, 1.54) is 10.3 Å². The summed E-state index contributed by atoms with van der Waals surface area (Å²) in [7, 11) is 0. The van der Waals surface area contributed by atoms with E-state index < -0.39 is 64.7 Å². The van der Waals surface area contributed by atoms with Crippen LogP contribution in [0.4, 0.5) is 14.7 Å². The number of carbonyl (C=O) groups excluding carboxylic acids is 4. The van der Waals surface area contributed by atoms with Gasteiger partial charge < -0.3 is 34.1 Å². The molecular formula is C27H41N5O11S. The Morgan fingerprint density at radius 3 is 2.00 bits per heavy atom. The molecule has 16 nitrogen and oxygen atoms in total. The van der Waals surface area contributed by atoms with Crippen molar-refractivity contribution in [3.8, 4) is 0 Å². The maximum atomic E-state index is 13.3. The van der Waals surface area contributed by atoms with Crippen LogP contribution in [0.15, 0.2) is 10.5 Å². The van der Waals surface area contributed by atoms with Crippen LogP contribution in [0.2, 0.25) is 0 Å². The summed E-state index contributed by atoms with van der Waals surface area (Å²) in [4.78, 5) is 67.7. The van der Waals surface area contributed by atoms with Gasteiger partial charge in [-0.05, 0) is 75.2 Å². The average Bonchev–Trinajstić information content (AvgIpc) is 3.38. The van der Waals surface area contributed by atoms with Crippen LogP contribution in [0.3, 0.4) is 0 Å². The molecule has 3 N–H and O–H groups in total. The highest BCUT2D eigenvalue weighted by molar-refractivity contribution is 7.14. The number of hydroxylamine groups is 2. The Labute approximate surface area is 259 Å². The maximum absolute atomic E-state index is 13.3. The Balaban J connectivity index is 1.92. The number of anilines is 1. The second-order valence-electron chi connectivity index (χ2n) is 13.3. The molecule has 1 aromatic heterocycles. The van der Waals surface area contributed by atoms with E-state index in [1.807, 2.05) is 0 Å². The van der Waals surface area contributed by atoms with Gasteiger partial charge in [-0.15, -0.1) is 11.3 Å². The molecule has 0 aliphatic carbocycles. The van der Waals surface area contributed by atoms with Gasteiger partial charge in [0.1, 0.15) is 35.0 Å². The number of nitrogens with one attached hydrogen (secondary N) is 1. The van der Waals surface area contributed by atoms with Crippen molar-refractivity contribution in [2.75, 3.05) is 18.4 Å². The van der Waals surface area contributed by atoms with Crippen LogP contribution in [0.5, 0.6) is 0 Å². The van der Waals surface area contributed by atoms with E-state index in [9.17, 15) is 29.4 Å². The second-order valence-corrected chi connectivity index (χ2v) is 14.2. The van der Waals surface area contributed by atoms with E-state index in [-0.39, 0.29) is 36.8 Å². The zero-order valence-corrected chi connectivity index (χ0v) is 27.1. The van der Waals surface area contributed by atoms with E-state index in [2.05, 4.69) is 15.5 Å². The van der Waals surface area contributed by atoms with E-state index in [4.69, 9.17) is 23.9 Å². The van der Waals surface area contributed by atoms with E-state index in [1.54, 1.807) is 62.3 Å². The summed E-state index contributed by atoms with van der Waals surface area (Å²) in [6.45, 7) is 14.5. The topological polar surface area (TPSA) is 199 Å². The van der Waals surface area contributed by atoms with Crippen LogP contribution >= 0.6 is 11.3 Å². The van der Waals surface area contributed by atoms with Crippen molar-refractivity contribution < 1.29 is 53.3 Å². The van der Waals surface area contributed by atoms with Crippen LogP contribution in [-0.2, 0) is 33.5 Å². The lowest BCUT2D eigenvalue weighted by molar-refractivity contribution is -0.256. The van der Waals surface area contributed by atoms with Gasteiger partial charge >= 0.3 is 24.1 Å². The number of nitrogens with zero attached hydrogens (tertiary/aromatic N) is 4. The molecular weight excluding hydrogens is 602 g/mol. The first-order valence-corrected chi connectivity index (χ1v) is 14.8. The van der Waals surface area contributed by atoms with E-state index >= 15 is 0 Å². The molecule has 0 radical (unpaired) electrons. The molecule has 17 heteroatoms. The third-order valence-corrected chi connectivity index (χ3v) is 6.39. The number of hydrogen-bond acceptors (Lipinski definition) is 15. The molecule has 3 rings (SSSR count). The molecule has 246 valence electrons. The predicted molar refractivity (Wildman–Crippen MR) is 155 cm³/mol. The number of likely N-dealkylation sites (tertiary alicyclic amines) is 1. The molecule has 3 heterocycles. The molecule has 0 spiro atoms. The lowest BCUT2D eigenvalue weighted by atomic mass is 9.94. The molecule has 44 heavy (non-hydrogen) atoms. The largest absolute Gasteiger partial charge is 0.457 e. The van der Waals surface area contributed by atoms with Gasteiger partial charge in [-0.25, -0.2) is 24.2 Å². The Kier molecular flexibility index (Phi) is 10.2. The highest BCUT2D eigenvalue weighted by atomic mass is 32.1. The molecule has 2 fully saturated rings. The van der Waals surface area contributed by atoms with E-state index in [0.717, 1.165) is 11.3 Å². The van der Waals surface area contributed by atoms with Crippen LogP contribution in [0, 0.1) is 0 Å². The van der Waals surface area contributed by atoms with Gasteiger partial charge in [0, 0.05) is 5.38 Å². The lowest BCUT2D eigenvalue weighted by Crippen LogP contribution is -2.69. The highest BCUT2D eigenvalue weighted by Crippen LogP contribution is 2.31. The van der Waals surface area contributed by atoms with Crippen molar-refractivity contribution in [2.45, 2.75) is 110 Å². The molecule has 2 amide bonds. The molecule has 2 unspecified atom stereocenters. The fourth-order valence-corrected chi connectivity index (χ4v) is 4.47. The van der Waals surface area contributed by atoms with Gasteiger partial charge in [-0.3, -0.25) is 10.2 Å². The number of aliphatic hydroxyl groups excluding tert-OH is 2. The standard InChI is InChI=1S/C27H41N5O11S/c1-24(2,3)39-20(36)27(13-31(14-27)23(38)41-26(7,8)9)43-30-18(19(35)42-32-16(33)10-11-17(32)34)15-12-44-21(28-15)29-22(37)40-25(4,5)6/h12,16-17,33-34H,10-11,13-14H2,1-9H3,(H,28,29,37)/b30-18-. The van der Waals surface area contributed by atoms with Gasteiger partial charge in [0.2, 0.25) is 5.71 Å². The monoisotopic (exact) mass is 643 g/mol. The summed E-state index contributed by atoms with van der Waals surface area (Å²) in [6, 6.07) is 0. The van der Waals surface area contributed by atoms with Crippen LogP contribution in [0.25, 0.3) is 0 Å². The maximum Gasteiger partial charge on any atom is 0.413 e. The van der Waals surface area contributed by atoms with Crippen LogP contribution in [0.1, 0.15) is 80.8 Å². The molecule has 0 bridgehead atoms. The minimum Gasteiger partial charge on any atom is -0.457 e. The van der Waals surface area contributed by atoms with Crippen molar-refractivity contribution >= 4 is 46.3 Å². The minimum absolute atomic E-state index is 0.0394. The Morgan fingerprint density at radius 1 is 0.932 bits per heavy atom. The van der Waals surface area contributed by atoms with E-state index in [0.29, 0.717) is 5.06 Å². The SMILES string of the molecule is CC(C)(C)OC(=O)Nc1nc(/C(=N/OC2(C(=O)OC(C)(C)C)CN(C(=O)OC(C)(C)C)C2)C(=O)ON2C(O)CCC2O)cs1. The number of thiazole rings is 1. The van der Waals surface area contributed by atoms with Crippen molar-refractivity contribution in [2.24, 2.45) is 5.16 Å². The fraction of sp³-hybridized carbons (Fsp3) is 0.704. The number of hydrogen-bond donors (Lipinski definition) is 3. The molecule has 2 aliphatic rings. The van der Waals surface area contributed by atoms with Crippen molar-refractivity contribution in [1.82, 2.24) is 14.9 Å². The third-order valence-electron chi connectivity index (χ3n) is 5.63. The number of amides is 2. The number of aliphatic hydroxyl groups is 2. The first-order valence-electron chi connectivity index (χ1n) is 13.9. The smallest absolute Gasteiger partial charge is 0.413 e. The Hall–Kier alpha value is -3.54. The number of carbonyl (C=O) groups is 4. The number of aromatic nitrogens is 1. The van der Waals surface area contributed by atoms with Gasteiger partial charge in [-0.2, -0.15) is 0 Å². The van der Waals surface area contributed by atoms with Gasteiger partial charge in [0.15, 0.2) is 5.13 Å². The fourth-order valence-electron chi connectivity index (χ4n) is 3.79. The highest BCUT2D eigenvalue weighted by Gasteiger charge is 2.58. The summed E-state index contributed by atoms with van der Waals surface area (Å²) in [5, 5.41) is 28.7. The number of oxime groups is 1.